The van der Waals surface area contributed by atoms with Crippen molar-refractivity contribution in [2.75, 3.05) is 11.5 Å². The van der Waals surface area contributed by atoms with Crippen molar-refractivity contribution in [2.24, 2.45) is 0 Å². The van der Waals surface area contributed by atoms with Gasteiger partial charge in [0, 0.05) is 11.3 Å². The third kappa shape index (κ3) is 4.80. The van der Waals surface area contributed by atoms with Crippen LogP contribution in [-0.2, 0) is 25.5 Å². The fourth-order valence-electron chi connectivity index (χ4n) is 4.45. The molecule has 1 fully saturated rings. The van der Waals surface area contributed by atoms with Crippen LogP contribution in [0.5, 0.6) is 0 Å². The summed E-state index contributed by atoms with van der Waals surface area (Å²) in [4.78, 5) is 39.9. The molecule has 0 bridgehead atoms. The van der Waals surface area contributed by atoms with Crippen molar-refractivity contribution in [3.8, 4) is 0 Å². The van der Waals surface area contributed by atoms with E-state index in [4.69, 9.17) is 4.74 Å². The Morgan fingerprint density at radius 2 is 1.67 bits per heavy atom. The molecular formula is C30H29NO5. The van der Waals surface area contributed by atoms with Gasteiger partial charge in [0.05, 0.1) is 24.6 Å². The number of aliphatic hydroxyl groups excluding tert-OH is 1. The van der Waals surface area contributed by atoms with Crippen LogP contribution in [0.4, 0.5) is 5.69 Å². The molecule has 6 nitrogen and oxygen atoms in total. The maximum absolute atomic E-state index is 13.3. The third-order valence-corrected chi connectivity index (χ3v) is 6.45. The van der Waals surface area contributed by atoms with Gasteiger partial charge in [0.25, 0.3) is 11.7 Å². The second kappa shape index (κ2) is 10.2. The predicted octanol–water partition coefficient (Wildman–Crippen LogP) is 5.34. The van der Waals surface area contributed by atoms with Crippen LogP contribution in [0.25, 0.3) is 5.76 Å². The summed E-state index contributed by atoms with van der Waals surface area (Å²) in [5.74, 6) is -2.00. The summed E-state index contributed by atoms with van der Waals surface area (Å²) in [5.41, 5.74) is 5.47. The van der Waals surface area contributed by atoms with Gasteiger partial charge in [-0.3, -0.25) is 19.3 Å². The quantitative estimate of drug-likeness (QED) is 0.221. The molecule has 0 saturated carbocycles. The molecule has 0 spiro atoms. The highest BCUT2D eigenvalue weighted by molar-refractivity contribution is 6.51. The van der Waals surface area contributed by atoms with Crippen LogP contribution in [0.2, 0.25) is 0 Å². The minimum absolute atomic E-state index is 0.0458. The maximum atomic E-state index is 13.3. The number of hydrogen-bond donors (Lipinski definition) is 1. The van der Waals surface area contributed by atoms with E-state index in [0.29, 0.717) is 17.9 Å². The van der Waals surface area contributed by atoms with Crippen LogP contribution in [0, 0.1) is 20.8 Å². The van der Waals surface area contributed by atoms with E-state index >= 15 is 0 Å². The van der Waals surface area contributed by atoms with Gasteiger partial charge in [0.2, 0.25) is 0 Å². The van der Waals surface area contributed by atoms with Crippen molar-refractivity contribution < 1.29 is 24.2 Å². The van der Waals surface area contributed by atoms with Crippen LogP contribution < -0.4 is 4.90 Å². The zero-order valence-corrected chi connectivity index (χ0v) is 20.9. The third-order valence-electron chi connectivity index (χ3n) is 6.45. The fraction of sp³-hybridized carbons (Fsp3) is 0.233. The number of nitrogens with zero attached hydrogens (tertiary/aromatic N) is 1. The number of Topliss-reactive ketones (excluding diaryl/α,β-unsaturated/α-hetero) is 1. The number of ketones is 1. The minimum Gasteiger partial charge on any atom is -0.507 e. The smallest absolute Gasteiger partial charge is 0.310 e. The van der Waals surface area contributed by atoms with Crippen molar-refractivity contribution in [1.29, 1.82) is 0 Å². The Labute approximate surface area is 210 Å². The average Bonchev–Trinajstić information content (AvgIpc) is 3.11. The Balaban J connectivity index is 1.83. The number of amides is 1. The fourth-order valence-corrected chi connectivity index (χ4v) is 4.45. The maximum Gasteiger partial charge on any atom is 0.310 e. The largest absolute Gasteiger partial charge is 0.507 e. The standard InChI is InChI=1S/C30H29NO5/c1-5-36-25(32)17-21-10-13-24(14-11-21)31-27(22-8-6-7-18(2)15-22)26(29(34)30(31)35)28(33)23-12-9-19(3)20(4)16-23/h6-16,27,33H,5,17H2,1-4H3/b28-26-. The topological polar surface area (TPSA) is 83.9 Å². The highest BCUT2D eigenvalue weighted by atomic mass is 16.5. The lowest BCUT2D eigenvalue weighted by molar-refractivity contribution is -0.142. The second-order valence-electron chi connectivity index (χ2n) is 9.03. The molecule has 1 amide bonds. The molecule has 36 heavy (non-hydrogen) atoms. The van der Waals surface area contributed by atoms with Gasteiger partial charge in [-0.2, -0.15) is 0 Å². The number of carbonyl (C=O) groups excluding carboxylic acids is 3. The zero-order chi connectivity index (χ0) is 26.0. The molecule has 1 saturated heterocycles. The summed E-state index contributed by atoms with van der Waals surface area (Å²) >= 11 is 0. The van der Waals surface area contributed by atoms with Crippen LogP contribution >= 0.6 is 0 Å². The summed E-state index contributed by atoms with van der Waals surface area (Å²) in [6, 6.07) is 19.1. The van der Waals surface area contributed by atoms with E-state index < -0.39 is 17.7 Å². The Morgan fingerprint density at radius 1 is 0.944 bits per heavy atom. The van der Waals surface area contributed by atoms with E-state index in [1.807, 2.05) is 57.2 Å². The first-order chi connectivity index (χ1) is 17.2. The van der Waals surface area contributed by atoms with E-state index in [9.17, 15) is 19.5 Å². The molecule has 3 aromatic carbocycles. The van der Waals surface area contributed by atoms with Crippen molar-refractivity contribution in [3.63, 3.8) is 0 Å². The van der Waals surface area contributed by atoms with Crippen LogP contribution in [0.1, 0.15) is 46.3 Å². The number of hydrogen-bond acceptors (Lipinski definition) is 5. The number of ether oxygens (including phenoxy) is 1. The molecular weight excluding hydrogens is 454 g/mol. The van der Waals surface area contributed by atoms with Crippen LogP contribution in [0.3, 0.4) is 0 Å². The molecule has 1 aliphatic rings. The van der Waals surface area contributed by atoms with Gasteiger partial charge < -0.3 is 9.84 Å². The van der Waals surface area contributed by atoms with Crippen molar-refractivity contribution in [1.82, 2.24) is 0 Å². The molecule has 1 unspecified atom stereocenters. The summed E-state index contributed by atoms with van der Waals surface area (Å²) in [6.07, 6.45) is 0.112. The number of aryl methyl sites for hydroxylation is 3. The van der Waals surface area contributed by atoms with E-state index in [2.05, 4.69) is 0 Å². The summed E-state index contributed by atoms with van der Waals surface area (Å²) in [7, 11) is 0. The molecule has 1 aliphatic heterocycles. The van der Waals surface area contributed by atoms with Gasteiger partial charge in [-0.15, -0.1) is 0 Å². The van der Waals surface area contributed by atoms with Gasteiger partial charge in [-0.1, -0.05) is 54.1 Å². The van der Waals surface area contributed by atoms with E-state index in [0.717, 1.165) is 27.8 Å². The lowest BCUT2D eigenvalue weighted by Crippen LogP contribution is -2.29. The van der Waals surface area contributed by atoms with E-state index in [1.54, 1.807) is 37.3 Å². The molecule has 4 rings (SSSR count). The number of rotatable bonds is 6. The van der Waals surface area contributed by atoms with Crippen LogP contribution in [-0.4, -0.2) is 29.4 Å². The van der Waals surface area contributed by atoms with Crippen molar-refractivity contribution in [3.05, 3.63) is 106 Å². The van der Waals surface area contributed by atoms with Gasteiger partial charge in [0.15, 0.2) is 0 Å². The summed E-state index contributed by atoms with van der Waals surface area (Å²) in [6.45, 7) is 7.89. The number of anilines is 1. The molecule has 3 aromatic rings. The van der Waals surface area contributed by atoms with Gasteiger partial charge in [-0.05, 0) is 68.1 Å². The number of benzene rings is 3. The molecule has 0 radical (unpaired) electrons. The average molecular weight is 484 g/mol. The highest BCUT2D eigenvalue weighted by Gasteiger charge is 2.47. The van der Waals surface area contributed by atoms with Crippen molar-refractivity contribution in [2.45, 2.75) is 40.2 Å². The van der Waals surface area contributed by atoms with Gasteiger partial charge in [0.1, 0.15) is 5.76 Å². The summed E-state index contributed by atoms with van der Waals surface area (Å²) < 4.78 is 5.01. The molecule has 184 valence electrons. The first-order valence-corrected chi connectivity index (χ1v) is 11.9. The number of carbonyl (C=O) groups is 3. The van der Waals surface area contributed by atoms with Crippen LogP contribution in [0.15, 0.2) is 72.3 Å². The lowest BCUT2D eigenvalue weighted by Gasteiger charge is -2.26. The second-order valence-corrected chi connectivity index (χ2v) is 9.03. The first-order valence-electron chi connectivity index (χ1n) is 11.9. The zero-order valence-electron chi connectivity index (χ0n) is 20.9. The van der Waals surface area contributed by atoms with E-state index in [1.165, 1.54) is 4.90 Å². The van der Waals surface area contributed by atoms with Gasteiger partial charge >= 0.3 is 5.97 Å². The monoisotopic (exact) mass is 483 g/mol. The Bertz CT molecular complexity index is 1370. The number of aliphatic hydroxyl groups is 1. The molecule has 1 N–H and O–H groups in total. The molecule has 0 aliphatic carbocycles. The Hall–Kier alpha value is -4.19. The SMILES string of the molecule is CCOC(=O)Cc1ccc(N2C(=O)C(=O)/C(=C(\O)c3ccc(C)c(C)c3)C2c2cccc(C)c2)cc1. The molecule has 1 heterocycles. The van der Waals surface area contributed by atoms with Gasteiger partial charge in [-0.25, -0.2) is 0 Å². The lowest BCUT2D eigenvalue weighted by atomic mass is 9.93. The summed E-state index contributed by atoms with van der Waals surface area (Å²) in [5, 5.41) is 11.3. The Kier molecular flexibility index (Phi) is 7.06. The first kappa shape index (κ1) is 24.9. The molecule has 1 atom stereocenters. The normalized spacial score (nSPS) is 16.9. The highest BCUT2D eigenvalue weighted by Crippen LogP contribution is 2.42. The van der Waals surface area contributed by atoms with Crippen molar-refractivity contribution >= 4 is 29.1 Å². The predicted molar refractivity (Wildman–Crippen MR) is 139 cm³/mol. The molecule has 6 heteroatoms. The number of esters is 1. The molecule has 0 aromatic heterocycles. The minimum atomic E-state index is -0.803. The van der Waals surface area contributed by atoms with E-state index in [-0.39, 0.29) is 23.7 Å². The Morgan fingerprint density at radius 3 is 2.31 bits per heavy atom.